The quantitative estimate of drug-likeness (QED) is 0.536. The minimum atomic E-state index is -0.472. The van der Waals surface area contributed by atoms with E-state index in [2.05, 4.69) is 27.9 Å². The third-order valence-electron chi connectivity index (χ3n) is 4.92. The number of carbonyl (C=O) groups is 1. The Morgan fingerprint density at radius 1 is 1.19 bits per heavy atom. The van der Waals surface area contributed by atoms with Crippen molar-refractivity contribution in [1.82, 2.24) is 14.9 Å². The molecule has 0 unspecified atom stereocenters. The number of nitrogens with one attached hydrogen (secondary N) is 2. The van der Waals surface area contributed by atoms with Crippen molar-refractivity contribution in [2.45, 2.75) is 43.1 Å². The van der Waals surface area contributed by atoms with Gasteiger partial charge in [0.1, 0.15) is 11.0 Å². The van der Waals surface area contributed by atoms with Crippen molar-refractivity contribution in [1.29, 1.82) is 0 Å². The summed E-state index contributed by atoms with van der Waals surface area (Å²) in [5.74, 6) is 1.49. The van der Waals surface area contributed by atoms with Crippen LogP contribution in [0.25, 0.3) is 0 Å². The van der Waals surface area contributed by atoms with Crippen LogP contribution in [0.4, 0.5) is 5.69 Å². The number of carbonyl (C=O) groups excluding carboxylic acids is 1. The third kappa shape index (κ3) is 4.65. The third-order valence-corrected chi connectivity index (χ3v) is 6.46. The first-order valence-corrected chi connectivity index (χ1v) is 11.5. The Bertz CT molecular complexity index is 1060. The lowest BCUT2D eigenvalue weighted by molar-refractivity contribution is -0.116. The zero-order valence-electron chi connectivity index (χ0n) is 17.3. The minimum absolute atomic E-state index is 0.157. The fourth-order valence-electron chi connectivity index (χ4n) is 3.44. The Labute approximate surface area is 190 Å². The van der Waals surface area contributed by atoms with Crippen molar-refractivity contribution in [3.05, 3.63) is 64.9 Å². The van der Waals surface area contributed by atoms with Crippen molar-refractivity contribution in [2.75, 3.05) is 17.3 Å². The molecule has 0 aliphatic carbocycles. The van der Waals surface area contributed by atoms with Gasteiger partial charge >= 0.3 is 0 Å². The van der Waals surface area contributed by atoms with E-state index in [-0.39, 0.29) is 11.9 Å². The molecule has 2 atom stereocenters. The van der Waals surface area contributed by atoms with Gasteiger partial charge in [-0.05, 0) is 43.2 Å². The number of anilines is 1. The number of benzene rings is 2. The minimum Gasteiger partial charge on any atom is -0.494 e. The van der Waals surface area contributed by atoms with Crippen LogP contribution in [-0.2, 0) is 11.2 Å². The van der Waals surface area contributed by atoms with Crippen LogP contribution in [0.5, 0.6) is 5.75 Å². The second-order valence-corrected chi connectivity index (χ2v) is 8.62. The molecule has 3 aromatic rings. The molecule has 0 radical (unpaired) electrons. The number of rotatable bonds is 7. The summed E-state index contributed by atoms with van der Waals surface area (Å²) in [7, 11) is 0. The van der Waals surface area contributed by atoms with E-state index < -0.39 is 5.25 Å². The predicted molar refractivity (Wildman–Crippen MR) is 123 cm³/mol. The number of nitrogens with zero attached hydrogens (tertiary/aromatic N) is 3. The molecule has 1 amide bonds. The van der Waals surface area contributed by atoms with Gasteiger partial charge in [-0.2, -0.15) is 0 Å². The highest BCUT2D eigenvalue weighted by molar-refractivity contribution is 8.00. The zero-order chi connectivity index (χ0) is 21.8. The Balaban J connectivity index is 1.66. The van der Waals surface area contributed by atoms with Crippen molar-refractivity contribution < 1.29 is 9.53 Å². The van der Waals surface area contributed by atoms with Gasteiger partial charge in [-0.3, -0.25) is 4.79 Å². The second-order valence-electron chi connectivity index (χ2n) is 7.10. The molecule has 0 saturated heterocycles. The molecule has 4 rings (SSSR count). The van der Waals surface area contributed by atoms with E-state index in [0.29, 0.717) is 22.5 Å². The van der Waals surface area contributed by atoms with Gasteiger partial charge in [0.05, 0.1) is 23.4 Å². The van der Waals surface area contributed by atoms with Crippen molar-refractivity contribution in [2.24, 2.45) is 0 Å². The molecule has 162 valence electrons. The van der Waals surface area contributed by atoms with Gasteiger partial charge in [-0.15, -0.1) is 10.2 Å². The van der Waals surface area contributed by atoms with Crippen LogP contribution in [0.15, 0.2) is 53.7 Å². The summed E-state index contributed by atoms with van der Waals surface area (Å²) in [5, 5.41) is 12.2. The van der Waals surface area contributed by atoms with Gasteiger partial charge in [0.25, 0.3) is 0 Å². The molecule has 0 fully saturated rings. The highest BCUT2D eigenvalue weighted by atomic mass is 35.5. The maximum Gasteiger partial charge on any atom is 0.240 e. The average molecular weight is 458 g/mol. The van der Waals surface area contributed by atoms with Gasteiger partial charge in [0.2, 0.25) is 11.1 Å². The number of amides is 1. The number of hydrogen-bond acceptors (Lipinski definition) is 6. The molecular formula is C22H24ClN5O2S. The topological polar surface area (TPSA) is 81.1 Å². The molecular weight excluding hydrogens is 434 g/mol. The number of hydrogen-bond donors (Lipinski definition) is 2. The average Bonchev–Trinajstić information content (AvgIpc) is 3.17. The van der Waals surface area contributed by atoms with Crippen LogP contribution >= 0.6 is 23.4 Å². The lowest BCUT2D eigenvalue weighted by atomic mass is 10.0. The van der Waals surface area contributed by atoms with Crippen LogP contribution in [0.1, 0.15) is 37.7 Å². The number of halogens is 1. The molecule has 0 spiro atoms. The van der Waals surface area contributed by atoms with Gasteiger partial charge in [0, 0.05) is 6.42 Å². The van der Waals surface area contributed by atoms with E-state index in [1.807, 2.05) is 48.0 Å². The molecule has 9 heteroatoms. The summed E-state index contributed by atoms with van der Waals surface area (Å²) in [6, 6.07) is 14.7. The van der Waals surface area contributed by atoms with Gasteiger partial charge < -0.3 is 15.5 Å². The molecule has 1 aromatic heterocycles. The highest BCUT2D eigenvalue weighted by Crippen LogP contribution is 2.38. The SMILES string of the molecule is CCCc1nnc2n1N[C@H](c1ccc(OCC)cc1)[C@@H](C(=O)Nc1ccccc1Cl)S2. The van der Waals surface area contributed by atoms with E-state index in [4.69, 9.17) is 16.3 Å². The van der Waals surface area contributed by atoms with E-state index in [1.54, 1.807) is 12.1 Å². The van der Waals surface area contributed by atoms with Gasteiger partial charge in [0.15, 0.2) is 5.82 Å². The van der Waals surface area contributed by atoms with E-state index >= 15 is 0 Å². The highest BCUT2D eigenvalue weighted by Gasteiger charge is 2.38. The lowest BCUT2D eigenvalue weighted by Gasteiger charge is -2.33. The standard InChI is InChI=1S/C22H24ClN5O2S/c1-3-7-18-25-26-22-28(18)27-19(14-10-12-15(13-11-14)30-4-2)20(31-22)21(29)24-17-9-6-5-8-16(17)23/h5-6,8-13,19-20,27H,3-4,7H2,1-2H3,(H,24,29)/t19-,20+/m1/s1. The molecule has 7 nitrogen and oxygen atoms in total. The lowest BCUT2D eigenvalue weighted by Crippen LogP contribution is -2.41. The predicted octanol–water partition coefficient (Wildman–Crippen LogP) is 4.68. The van der Waals surface area contributed by atoms with Crippen molar-refractivity contribution >= 4 is 35.0 Å². The Morgan fingerprint density at radius 3 is 2.68 bits per heavy atom. The summed E-state index contributed by atoms with van der Waals surface area (Å²) in [5.41, 5.74) is 5.02. The molecule has 0 saturated carbocycles. The Hall–Kier alpha value is -2.71. The first-order valence-electron chi connectivity index (χ1n) is 10.3. The zero-order valence-corrected chi connectivity index (χ0v) is 18.9. The smallest absolute Gasteiger partial charge is 0.240 e. The van der Waals surface area contributed by atoms with E-state index in [1.165, 1.54) is 11.8 Å². The van der Waals surface area contributed by atoms with Crippen molar-refractivity contribution in [3.63, 3.8) is 0 Å². The van der Waals surface area contributed by atoms with Crippen LogP contribution in [0.3, 0.4) is 0 Å². The maximum absolute atomic E-state index is 13.3. The fraction of sp³-hybridized carbons (Fsp3) is 0.318. The largest absolute Gasteiger partial charge is 0.494 e. The fourth-order valence-corrected chi connectivity index (χ4v) is 4.72. The second kappa shape index (κ2) is 9.62. The first kappa shape index (κ1) is 21.5. The number of aryl methyl sites for hydroxylation is 1. The van der Waals surface area contributed by atoms with Crippen LogP contribution < -0.4 is 15.5 Å². The maximum atomic E-state index is 13.3. The molecule has 0 bridgehead atoms. The van der Waals surface area contributed by atoms with Crippen LogP contribution in [0.2, 0.25) is 5.02 Å². The number of fused-ring (bicyclic) bond motifs is 1. The van der Waals surface area contributed by atoms with Gasteiger partial charge in [-0.1, -0.05) is 54.6 Å². The van der Waals surface area contributed by atoms with Gasteiger partial charge in [-0.25, -0.2) is 4.68 Å². The van der Waals surface area contributed by atoms with E-state index in [9.17, 15) is 4.79 Å². The van der Waals surface area contributed by atoms with Crippen molar-refractivity contribution in [3.8, 4) is 5.75 Å². The van der Waals surface area contributed by atoms with E-state index in [0.717, 1.165) is 30.0 Å². The molecule has 2 N–H and O–H groups in total. The number of para-hydroxylation sites is 1. The summed E-state index contributed by atoms with van der Waals surface area (Å²) in [6.07, 6.45) is 1.75. The molecule has 1 aliphatic heterocycles. The summed E-state index contributed by atoms with van der Waals surface area (Å²) in [6.45, 7) is 4.65. The summed E-state index contributed by atoms with van der Waals surface area (Å²) >= 11 is 7.64. The molecule has 1 aliphatic rings. The van der Waals surface area contributed by atoms with Crippen LogP contribution in [-0.4, -0.2) is 32.6 Å². The molecule has 2 aromatic carbocycles. The molecule has 31 heavy (non-hydrogen) atoms. The van der Waals surface area contributed by atoms with Crippen LogP contribution in [0, 0.1) is 0 Å². The monoisotopic (exact) mass is 457 g/mol. The Kier molecular flexibility index (Phi) is 6.67. The normalized spacial score (nSPS) is 17.5. The number of aromatic nitrogens is 3. The molecule has 2 heterocycles. The first-order chi connectivity index (χ1) is 15.1. The number of ether oxygens (including phenoxy) is 1. The Morgan fingerprint density at radius 2 is 1.97 bits per heavy atom. The number of thioether (sulfide) groups is 1. The summed E-state index contributed by atoms with van der Waals surface area (Å²) < 4.78 is 7.46. The summed E-state index contributed by atoms with van der Waals surface area (Å²) in [4.78, 5) is 13.3.